The lowest BCUT2D eigenvalue weighted by Crippen LogP contribution is -2.19. The summed E-state index contributed by atoms with van der Waals surface area (Å²) in [6.07, 6.45) is 0. The molecular formula is C13H17N3O2S2. The number of anilines is 1. The standard InChI is InChI=1S/C13H17N3O2S2/c1-9-4-5-11(6-13(9)20(17,18)14-3)15-7-12-10(2)16-8-19-12/h4-6,8,14-15H,7H2,1-3H3. The average Bonchev–Trinajstić information content (AvgIpc) is 2.83. The molecule has 108 valence electrons. The van der Waals surface area contributed by atoms with Crippen molar-refractivity contribution in [2.75, 3.05) is 12.4 Å². The summed E-state index contributed by atoms with van der Waals surface area (Å²) >= 11 is 1.58. The first kappa shape index (κ1) is 15.0. The fourth-order valence-corrected chi connectivity index (χ4v) is 3.50. The Labute approximate surface area is 123 Å². The molecule has 0 fully saturated rings. The van der Waals surface area contributed by atoms with Crippen LogP contribution in [0.25, 0.3) is 0 Å². The zero-order valence-electron chi connectivity index (χ0n) is 11.6. The summed E-state index contributed by atoms with van der Waals surface area (Å²) in [6, 6.07) is 5.32. The predicted octanol–water partition coefficient (Wildman–Crippen LogP) is 2.28. The minimum Gasteiger partial charge on any atom is -0.380 e. The summed E-state index contributed by atoms with van der Waals surface area (Å²) in [5.41, 5.74) is 4.30. The van der Waals surface area contributed by atoms with Gasteiger partial charge in [-0.3, -0.25) is 0 Å². The quantitative estimate of drug-likeness (QED) is 0.888. The third-order valence-electron chi connectivity index (χ3n) is 3.04. The Hall–Kier alpha value is -1.44. The van der Waals surface area contributed by atoms with E-state index in [4.69, 9.17) is 0 Å². The highest BCUT2D eigenvalue weighted by atomic mass is 32.2. The maximum atomic E-state index is 11.9. The molecule has 2 N–H and O–H groups in total. The Morgan fingerprint density at radius 1 is 1.30 bits per heavy atom. The SMILES string of the molecule is CNS(=O)(=O)c1cc(NCc2scnc2C)ccc1C. The van der Waals surface area contributed by atoms with Crippen molar-refractivity contribution < 1.29 is 8.42 Å². The zero-order chi connectivity index (χ0) is 14.8. The van der Waals surface area contributed by atoms with E-state index in [-0.39, 0.29) is 0 Å². The molecule has 0 bridgehead atoms. The molecule has 0 radical (unpaired) electrons. The van der Waals surface area contributed by atoms with Crippen LogP contribution >= 0.6 is 11.3 Å². The van der Waals surface area contributed by atoms with Gasteiger partial charge in [0.2, 0.25) is 10.0 Å². The maximum Gasteiger partial charge on any atom is 0.240 e. The summed E-state index contributed by atoms with van der Waals surface area (Å²) in [7, 11) is -2.02. The van der Waals surface area contributed by atoms with Crippen molar-refractivity contribution in [1.82, 2.24) is 9.71 Å². The van der Waals surface area contributed by atoms with E-state index in [0.717, 1.165) is 21.8 Å². The Balaban J connectivity index is 2.22. The van der Waals surface area contributed by atoms with Gasteiger partial charge in [0.1, 0.15) is 0 Å². The van der Waals surface area contributed by atoms with E-state index in [1.54, 1.807) is 35.9 Å². The number of rotatable bonds is 5. The molecule has 0 spiro atoms. The van der Waals surface area contributed by atoms with Crippen molar-refractivity contribution >= 4 is 27.0 Å². The van der Waals surface area contributed by atoms with Crippen LogP contribution in [0.15, 0.2) is 28.6 Å². The minimum atomic E-state index is -3.43. The van der Waals surface area contributed by atoms with E-state index in [1.165, 1.54) is 7.05 Å². The van der Waals surface area contributed by atoms with Crippen molar-refractivity contribution in [3.63, 3.8) is 0 Å². The Kier molecular flexibility index (Phi) is 4.42. The molecule has 0 unspecified atom stereocenters. The van der Waals surface area contributed by atoms with E-state index < -0.39 is 10.0 Å². The van der Waals surface area contributed by atoms with Gasteiger partial charge in [-0.05, 0) is 38.6 Å². The molecule has 2 aromatic rings. The molecule has 20 heavy (non-hydrogen) atoms. The first-order valence-corrected chi connectivity index (χ1v) is 8.47. The molecule has 0 aliphatic heterocycles. The summed E-state index contributed by atoms with van der Waals surface area (Å²) < 4.78 is 26.2. The molecule has 1 heterocycles. The molecule has 1 aromatic heterocycles. The Bertz CT molecular complexity index is 708. The highest BCUT2D eigenvalue weighted by Crippen LogP contribution is 2.21. The smallest absolute Gasteiger partial charge is 0.240 e. The maximum absolute atomic E-state index is 11.9. The lowest BCUT2D eigenvalue weighted by Gasteiger charge is -2.10. The summed E-state index contributed by atoms with van der Waals surface area (Å²) in [5.74, 6) is 0. The van der Waals surface area contributed by atoms with Gasteiger partial charge in [-0.25, -0.2) is 18.1 Å². The highest BCUT2D eigenvalue weighted by Gasteiger charge is 2.15. The second-order valence-electron chi connectivity index (χ2n) is 4.40. The summed E-state index contributed by atoms with van der Waals surface area (Å²) in [5, 5.41) is 3.23. The minimum absolute atomic E-state index is 0.297. The lowest BCUT2D eigenvalue weighted by atomic mass is 10.2. The third-order valence-corrected chi connectivity index (χ3v) is 5.54. The van der Waals surface area contributed by atoms with Crippen molar-refractivity contribution in [2.24, 2.45) is 0 Å². The van der Waals surface area contributed by atoms with Crippen LogP contribution in [-0.2, 0) is 16.6 Å². The first-order valence-electron chi connectivity index (χ1n) is 6.11. The van der Waals surface area contributed by atoms with E-state index in [9.17, 15) is 8.42 Å². The van der Waals surface area contributed by atoms with Crippen LogP contribution in [-0.4, -0.2) is 20.4 Å². The van der Waals surface area contributed by atoms with Gasteiger partial charge in [0.15, 0.2) is 0 Å². The number of thiazole rings is 1. The van der Waals surface area contributed by atoms with Gasteiger partial charge in [-0.1, -0.05) is 6.07 Å². The Morgan fingerprint density at radius 3 is 2.65 bits per heavy atom. The molecule has 0 aliphatic rings. The molecule has 5 nitrogen and oxygen atoms in total. The van der Waals surface area contributed by atoms with Crippen LogP contribution in [0.3, 0.4) is 0 Å². The van der Waals surface area contributed by atoms with Gasteiger partial charge in [-0.15, -0.1) is 11.3 Å². The molecule has 2 rings (SSSR count). The van der Waals surface area contributed by atoms with Gasteiger partial charge in [0.05, 0.1) is 22.6 Å². The topological polar surface area (TPSA) is 71.1 Å². The van der Waals surface area contributed by atoms with Crippen LogP contribution in [0.1, 0.15) is 16.1 Å². The fraction of sp³-hybridized carbons (Fsp3) is 0.308. The second-order valence-corrected chi connectivity index (χ2v) is 7.20. The number of nitrogens with one attached hydrogen (secondary N) is 2. The fourth-order valence-electron chi connectivity index (χ4n) is 1.79. The molecule has 0 saturated heterocycles. The van der Waals surface area contributed by atoms with Crippen molar-refractivity contribution in [3.05, 3.63) is 39.8 Å². The molecule has 0 saturated carbocycles. The van der Waals surface area contributed by atoms with E-state index in [2.05, 4.69) is 15.0 Å². The van der Waals surface area contributed by atoms with Crippen LogP contribution in [0, 0.1) is 13.8 Å². The van der Waals surface area contributed by atoms with Gasteiger partial charge in [0, 0.05) is 10.6 Å². The zero-order valence-corrected chi connectivity index (χ0v) is 13.2. The molecule has 0 aliphatic carbocycles. The number of hydrogen-bond acceptors (Lipinski definition) is 5. The second kappa shape index (κ2) is 5.90. The average molecular weight is 311 g/mol. The van der Waals surface area contributed by atoms with Crippen molar-refractivity contribution in [3.8, 4) is 0 Å². The third kappa shape index (κ3) is 3.17. The van der Waals surface area contributed by atoms with E-state index >= 15 is 0 Å². The van der Waals surface area contributed by atoms with Crippen LogP contribution < -0.4 is 10.0 Å². The summed E-state index contributed by atoms with van der Waals surface area (Å²) in [6.45, 7) is 4.37. The summed E-state index contributed by atoms with van der Waals surface area (Å²) in [4.78, 5) is 5.63. The van der Waals surface area contributed by atoms with Crippen molar-refractivity contribution in [1.29, 1.82) is 0 Å². The molecule has 1 aromatic carbocycles. The molecular weight excluding hydrogens is 294 g/mol. The van der Waals surface area contributed by atoms with Crippen LogP contribution in [0.5, 0.6) is 0 Å². The lowest BCUT2D eigenvalue weighted by molar-refractivity contribution is 0.587. The number of aromatic nitrogens is 1. The van der Waals surface area contributed by atoms with Crippen molar-refractivity contribution in [2.45, 2.75) is 25.3 Å². The van der Waals surface area contributed by atoms with Crippen LogP contribution in [0.4, 0.5) is 5.69 Å². The number of sulfonamides is 1. The van der Waals surface area contributed by atoms with E-state index in [1.807, 2.05) is 13.0 Å². The van der Waals surface area contributed by atoms with E-state index in [0.29, 0.717) is 11.4 Å². The van der Waals surface area contributed by atoms with Gasteiger partial charge < -0.3 is 5.32 Å². The number of aryl methyl sites for hydroxylation is 2. The number of nitrogens with zero attached hydrogens (tertiary/aromatic N) is 1. The Morgan fingerprint density at radius 2 is 2.05 bits per heavy atom. The molecule has 0 atom stereocenters. The molecule has 0 amide bonds. The molecule has 7 heteroatoms. The first-order chi connectivity index (χ1) is 9.44. The predicted molar refractivity (Wildman–Crippen MR) is 81.6 cm³/mol. The monoisotopic (exact) mass is 311 g/mol. The number of hydrogen-bond donors (Lipinski definition) is 2. The van der Waals surface area contributed by atoms with Crippen LogP contribution in [0.2, 0.25) is 0 Å². The van der Waals surface area contributed by atoms with Gasteiger partial charge in [0.25, 0.3) is 0 Å². The van der Waals surface area contributed by atoms with Gasteiger partial charge in [-0.2, -0.15) is 0 Å². The van der Waals surface area contributed by atoms with Gasteiger partial charge >= 0.3 is 0 Å². The number of benzene rings is 1. The highest BCUT2D eigenvalue weighted by molar-refractivity contribution is 7.89. The largest absolute Gasteiger partial charge is 0.380 e. The normalized spacial score (nSPS) is 11.6.